The molecule has 0 spiro atoms. The summed E-state index contributed by atoms with van der Waals surface area (Å²) in [6.07, 6.45) is 5.64. The number of ether oxygens (including phenoxy) is 1. The molecule has 0 unspecified atom stereocenters. The summed E-state index contributed by atoms with van der Waals surface area (Å²) in [5.41, 5.74) is -1.43. The number of hydrogen-bond acceptors (Lipinski definition) is 4. The van der Waals surface area contributed by atoms with Gasteiger partial charge in [0, 0.05) is 0 Å². The molecule has 0 saturated heterocycles. The second-order valence-electron chi connectivity index (χ2n) is 4.91. The molecule has 0 saturated carbocycles. The lowest BCUT2D eigenvalue weighted by atomic mass is 9.94. The topological polar surface area (TPSA) is 70.3 Å². The van der Waals surface area contributed by atoms with Crippen LogP contribution in [0.1, 0.15) is 59.3 Å². The Morgan fingerprint density at radius 3 is 2.17 bits per heavy atom. The van der Waals surface area contributed by atoms with Crippen LogP contribution in [0.2, 0.25) is 0 Å². The molecule has 0 bridgehead atoms. The number of unbranched alkanes of at least 4 members (excludes halogenated alkanes) is 2. The van der Waals surface area contributed by atoms with Crippen molar-refractivity contribution in [3.8, 4) is 6.07 Å². The molecule has 0 aliphatic heterocycles. The van der Waals surface area contributed by atoms with Crippen LogP contribution in [0.5, 0.6) is 0 Å². The van der Waals surface area contributed by atoms with Crippen LogP contribution in [0.4, 0.5) is 0 Å². The van der Waals surface area contributed by atoms with Gasteiger partial charge in [0.15, 0.2) is 5.41 Å². The lowest BCUT2D eigenvalue weighted by Gasteiger charge is -2.23. The molecule has 0 fully saturated rings. The zero-order chi connectivity index (χ0) is 14.0. The second-order valence-corrected chi connectivity index (χ2v) is 4.91. The van der Waals surface area contributed by atoms with E-state index in [-0.39, 0.29) is 6.10 Å². The van der Waals surface area contributed by atoms with Crippen molar-refractivity contribution in [1.29, 1.82) is 5.26 Å². The fourth-order valence-corrected chi connectivity index (χ4v) is 1.55. The van der Waals surface area contributed by atoms with Crippen LogP contribution in [-0.2, 0) is 9.53 Å². The van der Waals surface area contributed by atoms with Gasteiger partial charge < -0.3 is 9.84 Å². The van der Waals surface area contributed by atoms with Gasteiger partial charge in [-0.2, -0.15) is 5.26 Å². The van der Waals surface area contributed by atoms with E-state index >= 15 is 0 Å². The Bertz CT molecular complexity index is 277. The standard InChI is InChI=1S/C14H25NO3/c1-4-6-8-12(9-7-5-2)18-13(17)14(3,10-15)11-16/h12,16H,4-9,11H2,1-3H3/t14-/m0/s1. The molecule has 0 heterocycles. The summed E-state index contributed by atoms with van der Waals surface area (Å²) in [6.45, 7) is 5.08. The normalized spacial score (nSPS) is 14.0. The van der Waals surface area contributed by atoms with Gasteiger partial charge in [-0.3, -0.25) is 4.79 Å². The van der Waals surface area contributed by atoms with Crippen molar-refractivity contribution in [2.75, 3.05) is 6.61 Å². The van der Waals surface area contributed by atoms with Gasteiger partial charge >= 0.3 is 5.97 Å². The average molecular weight is 255 g/mol. The lowest BCUT2D eigenvalue weighted by molar-refractivity contribution is -0.159. The number of carbonyl (C=O) groups excluding carboxylic acids is 1. The Kier molecular flexibility index (Phi) is 8.40. The molecule has 4 heteroatoms. The van der Waals surface area contributed by atoms with E-state index in [9.17, 15) is 4.79 Å². The van der Waals surface area contributed by atoms with Gasteiger partial charge in [-0.1, -0.05) is 39.5 Å². The Balaban J connectivity index is 4.46. The van der Waals surface area contributed by atoms with E-state index in [4.69, 9.17) is 15.1 Å². The minimum Gasteiger partial charge on any atom is -0.461 e. The van der Waals surface area contributed by atoms with Crippen molar-refractivity contribution in [1.82, 2.24) is 0 Å². The number of carbonyl (C=O) groups is 1. The summed E-state index contributed by atoms with van der Waals surface area (Å²) >= 11 is 0. The van der Waals surface area contributed by atoms with E-state index in [1.54, 1.807) is 0 Å². The minimum absolute atomic E-state index is 0.128. The van der Waals surface area contributed by atoms with Crippen molar-refractivity contribution >= 4 is 5.97 Å². The molecular formula is C14H25NO3. The highest BCUT2D eigenvalue weighted by molar-refractivity contribution is 5.79. The Morgan fingerprint density at radius 2 is 1.83 bits per heavy atom. The third-order valence-corrected chi connectivity index (χ3v) is 3.05. The molecule has 0 radical (unpaired) electrons. The van der Waals surface area contributed by atoms with E-state index in [2.05, 4.69) is 13.8 Å². The molecule has 0 amide bonds. The highest BCUT2D eigenvalue weighted by Crippen LogP contribution is 2.20. The highest BCUT2D eigenvalue weighted by Gasteiger charge is 2.35. The van der Waals surface area contributed by atoms with Crippen LogP contribution >= 0.6 is 0 Å². The van der Waals surface area contributed by atoms with Crippen molar-refractivity contribution in [3.63, 3.8) is 0 Å². The molecule has 1 N–H and O–H groups in total. The number of nitriles is 1. The van der Waals surface area contributed by atoms with E-state index in [0.29, 0.717) is 0 Å². The van der Waals surface area contributed by atoms with Crippen LogP contribution in [0.3, 0.4) is 0 Å². The maximum absolute atomic E-state index is 11.9. The number of aliphatic hydroxyl groups excluding tert-OH is 1. The first-order valence-electron chi connectivity index (χ1n) is 6.77. The maximum Gasteiger partial charge on any atom is 0.328 e. The second kappa shape index (κ2) is 8.93. The zero-order valence-corrected chi connectivity index (χ0v) is 11.7. The van der Waals surface area contributed by atoms with E-state index in [1.807, 2.05) is 6.07 Å². The monoisotopic (exact) mass is 255 g/mol. The van der Waals surface area contributed by atoms with Crippen molar-refractivity contribution < 1.29 is 14.6 Å². The molecule has 0 rings (SSSR count). The number of aliphatic hydroxyl groups is 1. The van der Waals surface area contributed by atoms with Crippen LogP contribution in [0.25, 0.3) is 0 Å². The van der Waals surface area contributed by atoms with Crippen molar-refractivity contribution in [2.24, 2.45) is 5.41 Å². The minimum atomic E-state index is -1.43. The van der Waals surface area contributed by atoms with Gasteiger partial charge in [0.1, 0.15) is 6.10 Å². The SMILES string of the molecule is CCCCC(CCCC)OC(=O)[C@@](C)(C#N)CO. The smallest absolute Gasteiger partial charge is 0.328 e. The third-order valence-electron chi connectivity index (χ3n) is 3.05. The molecular weight excluding hydrogens is 230 g/mol. The average Bonchev–Trinajstić information content (AvgIpc) is 2.40. The third kappa shape index (κ3) is 5.50. The Morgan fingerprint density at radius 1 is 1.33 bits per heavy atom. The molecule has 0 aromatic rings. The maximum atomic E-state index is 11.9. The number of hydrogen-bond donors (Lipinski definition) is 1. The zero-order valence-electron chi connectivity index (χ0n) is 11.7. The van der Waals surface area contributed by atoms with Crippen molar-refractivity contribution in [2.45, 2.75) is 65.4 Å². The summed E-state index contributed by atoms with van der Waals surface area (Å²) in [4.78, 5) is 11.9. The van der Waals surface area contributed by atoms with Crippen LogP contribution in [0.15, 0.2) is 0 Å². The molecule has 1 atom stereocenters. The Labute approximate surface area is 110 Å². The first-order valence-corrected chi connectivity index (χ1v) is 6.77. The van der Waals surface area contributed by atoms with Crippen LogP contribution in [-0.4, -0.2) is 23.8 Å². The predicted octanol–water partition coefficient (Wildman–Crippen LogP) is 2.80. The summed E-state index contributed by atoms with van der Waals surface area (Å²) < 4.78 is 5.38. The highest BCUT2D eigenvalue weighted by atomic mass is 16.5. The first-order chi connectivity index (χ1) is 8.53. The summed E-state index contributed by atoms with van der Waals surface area (Å²) in [7, 11) is 0. The van der Waals surface area contributed by atoms with Gasteiger partial charge in [-0.05, 0) is 19.8 Å². The largest absolute Gasteiger partial charge is 0.461 e. The number of rotatable bonds is 9. The summed E-state index contributed by atoms with van der Waals surface area (Å²) in [6, 6.07) is 1.82. The quantitative estimate of drug-likeness (QED) is 0.643. The van der Waals surface area contributed by atoms with Gasteiger partial charge in [-0.15, -0.1) is 0 Å². The molecule has 0 aromatic heterocycles. The van der Waals surface area contributed by atoms with Crippen LogP contribution < -0.4 is 0 Å². The summed E-state index contributed by atoms with van der Waals surface area (Å²) in [5, 5.41) is 18.0. The van der Waals surface area contributed by atoms with Gasteiger partial charge in [0.25, 0.3) is 0 Å². The molecule has 0 aliphatic carbocycles. The van der Waals surface area contributed by atoms with Crippen LogP contribution in [0, 0.1) is 16.7 Å². The first kappa shape index (κ1) is 16.9. The van der Waals surface area contributed by atoms with E-state index in [1.165, 1.54) is 6.92 Å². The fourth-order valence-electron chi connectivity index (χ4n) is 1.55. The molecule has 0 aromatic carbocycles. The van der Waals surface area contributed by atoms with Gasteiger partial charge in [0.05, 0.1) is 12.7 Å². The van der Waals surface area contributed by atoms with E-state index < -0.39 is 18.0 Å². The fraction of sp³-hybridized carbons (Fsp3) is 0.857. The van der Waals surface area contributed by atoms with Crippen molar-refractivity contribution in [3.05, 3.63) is 0 Å². The molecule has 18 heavy (non-hydrogen) atoms. The number of esters is 1. The summed E-state index contributed by atoms with van der Waals surface area (Å²) in [5.74, 6) is -0.607. The molecule has 104 valence electrons. The Hall–Kier alpha value is -1.08. The van der Waals surface area contributed by atoms with Gasteiger partial charge in [-0.25, -0.2) is 0 Å². The van der Waals surface area contributed by atoms with Gasteiger partial charge in [0.2, 0.25) is 0 Å². The lowest BCUT2D eigenvalue weighted by Crippen LogP contribution is -2.35. The van der Waals surface area contributed by atoms with E-state index in [0.717, 1.165) is 38.5 Å². The number of nitrogens with zero attached hydrogens (tertiary/aromatic N) is 1. The molecule has 0 aliphatic rings. The molecule has 4 nitrogen and oxygen atoms in total. The predicted molar refractivity (Wildman–Crippen MR) is 69.7 cm³/mol.